The Labute approximate surface area is 198 Å². The Hall–Kier alpha value is -3.05. The molecule has 0 aliphatic carbocycles. The number of rotatable bonds is 7. The van der Waals surface area contributed by atoms with E-state index in [-0.39, 0.29) is 0 Å². The lowest BCUT2D eigenvalue weighted by Crippen LogP contribution is -2.27. The van der Waals surface area contributed by atoms with Gasteiger partial charge in [-0.05, 0) is 38.5 Å². The number of aromatic nitrogens is 3. The van der Waals surface area contributed by atoms with Gasteiger partial charge in [0.05, 0.1) is 19.3 Å². The maximum atomic E-state index is 13.0. The predicted molar refractivity (Wildman–Crippen MR) is 120 cm³/mol. The average molecular weight is 493 g/mol. The largest absolute Gasteiger partial charge is 0.493 e. The van der Waals surface area contributed by atoms with E-state index >= 15 is 0 Å². The van der Waals surface area contributed by atoms with Crippen molar-refractivity contribution in [1.82, 2.24) is 20.3 Å². The highest BCUT2D eigenvalue weighted by Crippen LogP contribution is 2.30. The van der Waals surface area contributed by atoms with Crippen LogP contribution in [0.2, 0.25) is 0 Å². The van der Waals surface area contributed by atoms with Crippen LogP contribution in [0.3, 0.4) is 0 Å². The lowest BCUT2D eigenvalue weighted by Gasteiger charge is -2.16. The normalized spacial score (nSPS) is 16.9. The van der Waals surface area contributed by atoms with Gasteiger partial charge in [-0.2, -0.15) is 13.2 Å². The van der Waals surface area contributed by atoms with Crippen LogP contribution in [0.4, 0.5) is 13.2 Å². The number of nitrogens with one attached hydrogen (secondary N) is 1. The molecular formula is C23H23F3N4O3S. The molecule has 1 aliphatic heterocycles. The van der Waals surface area contributed by atoms with E-state index in [0.717, 1.165) is 34.3 Å². The number of hydrogen-bond donors (Lipinski definition) is 1. The standard InChI is InChI=1S/C23H23F3N4O3S/c1-13-8-27-21(34-13)17-5-16(6-19(7-17)33-12-15-3-4-32-11-15)20(31)30-14(2)18-9-28-22(29-10-18)23(24,25)26/h5-10,14-15H,3-4,11-12H2,1-2H3,(H,30,31)/t14?,15-/m1/s1. The molecule has 1 saturated heterocycles. The molecule has 0 spiro atoms. The number of hydrogen-bond acceptors (Lipinski definition) is 7. The Bertz CT molecular complexity index is 1150. The molecule has 3 heterocycles. The van der Waals surface area contributed by atoms with Crippen LogP contribution >= 0.6 is 11.3 Å². The lowest BCUT2D eigenvalue weighted by atomic mass is 10.1. The summed E-state index contributed by atoms with van der Waals surface area (Å²) in [5.74, 6) is -0.803. The molecule has 3 aromatic rings. The molecule has 0 saturated carbocycles. The molecule has 0 bridgehead atoms. The zero-order chi connectivity index (χ0) is 24.3. The van der Waals surface area contributed by atoms with Crippen molar-refractivity contribution in [3.8, 4) is 16.3 Å². The molecule has 1 unspecified atom stereocenters. The summed E-state index contributed by atoms with van der Waals surface area (Å²) >= 11 is 1.50. The maximum Gasteiger partial charge on any atom is 0.451 e. The van der Waals surface area contributed by atoms with E-state index in [4.69, 9.17) is 9.47 Å². The first kappa shape index (κ1) is 24.1. The van der Waals surface area contributed by atoms with Crippen molar-refractivity contribution in [2.24, 2.45) is 5.92 Å². The van der Waals surface area contributed by atoms with Crippen molar-refractivity contribution in [1.29, 1.82) is 0 Å². The third-order valence-corrected chi connectivity index (χ3v) is 6.28. The Morgan fingerprint density at radius 2 is 2.00 bits per heavy atom. The van der Waals surface area contributed by atoms with Crippen LogP contribution in [0.15, 0.2) is 36.8 Å². The molecule has 4 rings (SSSR count). The minimum Gasteiger partial charge on any atom is -0.493 e. The van der Waals surface area contributed by atoms with Crippen molar-refractivity contribution in [2.45, 2.75) is 32.5 Å². The van der Waals surface area contributed by atoms with Gasteiger partial charge < -0.3 is 14.8 Å². The first-order chi connectivity index (χ1) is 16.2. The Balaban J connectivity index is 1.53. The van der Waals surface area contributed by atoms with Crippen LogP contribution in [0.5, 0.6) is 5.75 Å². The highest BCUT2D eigenvalue weighted by Gasteiger charge is 2.34. The second-order valence-electron chi connectivity index (χ2n) is 8.10. The highest BCUT2D eigenvalue weighted by molar-refractivity contribution is 7.14. The van der Waals surface area contributed by atoms with Crippen LogP contribution < -0.4 is 10.1 Å². The molecule has 2 atom stereocenters. The van der Waals surface area contributed by atoms with Crippen molar-refractivity contribution in [2.75, 3.05) is 19.8 Å². The summed E-state index contributed by atoms with van der Waals surface area (Å²) in [7, 11) is 0. The van der Waals surface area contributed by atoms with Gasteiger partial charge in [0.1, 0.15) is 10.8 Å². The van der Waals surface area contributed by atoms with E-state index in [0.29, 0.717) is 42.6 Å². The second kappa shape index (κ2) is 10.1. The van der Waals surface area contributed by atoms with Gasteiger partial charge in [-0.25, -0.2) is 15.0 Å². The average Bonchev–Trinajstić information content (AvgIpc) is 3.49. The molecule has 1 fully saturated rings. The maximum absolute atomic E-state index is 13.0. The fourth-order valence-corrected chi connectivity index (χ4v) is 4.18. The predicted octanol–water partition coefficient (Wildman–Crippen LogP) is 4.83. The van der Waals surface area contributed by atoms with Gasteiger partial charge in [0.25, 0.3) is 5.91 Å². The van der Waals surface area contributed by atoms with Gasteiger partial charge in [-0.3, -0.25) is 4.79 Å². The van der Waals surface area contributed by atoms with Crippen LogP contribution in [-0.2, 0) is 10.9 Å². The lowest BCUT2D eigenvalue weighted by molar-refractivity contribution is -0.145. The number of carbonyl (C=O) groups is 1. The topological polar surface area (TPSA) is 86.2 Å². The van der Waals surface area contributed by atoms with Crippen molar-refractivity contribution < 1.29 is 27.4 Å². The molecule has 2 aromatic heterocycles. The molecule has 180 valence electrons. The molecule has 0 radical (unpaired) electrons. The molecule has 1 aromatic carbocycles. The molecule has 7 nitrogen and oxygen atoms in total. The van der Waals surface area contributed by atoms with Crippen LogP contribution in [0, 0.1) is 12.8 Å². The number of carbonyl (C=O) groups excluding carboxylic acids is 1. The summed E-state index contributed by atoms with van der Waals surface area (Å²) in [5, 5.41) is 3.54. The Morgan fingerprint density at radius 3 is 2.62 bits per heavy atom. The van der Waals surface area contributed by atoms with Crippen LogP contribution in [-0.4, -0.2) is 40.7 Å². The number of benzene rings is 1. The number of alkyl halides is 3. The monoisotopic (exact) mass is 492 g/mol. The van der Waals surface area contributed by atoms with E-state index in [9.17, 15) is 18.0 Å². The summed E-state index contributed by atoms with van der Waals surface area (Å²) in [6.07, 6.45) is 0.184. The number of amides is 1. The minimum absolute atomic E-state index is 0.294. The van der Waals surface area contributed by atoms with Gasteiger partial charge >= 0.3 is 6.18 Å². The number of thiazole rings is 1. The molecular weight excluding hydrogens is 469 g/mol. The van der Waals surface area contributed by atoms with Crippen molar-refractivity contribution in [3.63, 3.8) is 0 Å². The Kier molecular flexibility index (Phi) is 7.13. The SMILES string of the molecule is Cc1cnc(-c2cc(OC[C@@H]3CCOC3)cc(C(=O)NC(C)c3cnc(C(F)(F)F)nc3)c2)s1. The number of halogens is 3. The van der Waals surface area contributed by atoms with Gasteiger partial charge in [0.2, 0.25) is 5.82 Å². The minimum atomic E-state index is -4.62. The fourth-order valence-electron chi connectivity index (χ4n) is 3.43. The molecule has 1 N–H and O–H groups in total. The summed E-state index contributed by atoms with van der Waals surface area (Å²) < 4.78 is 49.5. The van der Waals surface area contributed by atoms with E-state index in [2.05, 4.69) is 20.3 Å². The van der Waals surface area contributed by atoms with Gasteiger partial charge in [-0.15, -0.1) is 11.3 Å². The summed E-state index contributed by atoms with van der Waals surface area (Å²) in [5.41, 5.74) is 1.45. The number of ether oxygens (including phenoxy) is 2. The number of nitrogens with zero attached hydrogens (tertiary/aromatic N) is 3. The quantitative estimate of drug-likeness (QED) is 0.508. The molecule has 1 amide bonds. The van der Waals surface area contributed by atoms with E-state index in [1.54, 1.807) is 25.3 Å². The third kappa shape index (κ3) is 5.89. The van der Waals surface area contributed by atoms with E-state index < -0.39 is 23.9 Å². The van der Waals surface area contributed by atoms with E-state index in [1.807, 2.05) is 13.0 Å². The second-order valence-corrected chi connectivity index (χ2v) is 9.33. The molecule has 1 aliphatic rings. The first-order valence-electron chi connectivity index (χ1n) is 10.7. The smallest absolute Gasteiger partial charge is 0.451 e. The molecule has 34 heavy (non-hydrogen) atoms. The highest BCUT2D eigenvalue weighted by atomic mass is 32.1. The summed E-state index contributed by atoms with van der Waals surface area (Å²) in [6, 6.07) is 4.60. The van der Waals surface area contributed by atoms with Gasteiger partial charge in [-0.1, -0.05) is 0 Å². The number of aryl methyl sites for hydroxylation is 1. The van der Waals surface area contributed by atoms with E-state index in [1.165, 1.54) is 11.3 Å². The Morgan fingerprint density at radius 1 is 1.24 bits per heavy atom. The first-order valence-corrected chi connectivity index (χ1v) is 11.5. The van der Waals surface area contributed by atoms with Crippen LogP contribution in [0.1, 0.15) is 46.0 Å². The fraction of sp³-hybridized carbons (Fsp3) is 0.391. The van der Waals surface area contributed by atoms with Gasteiger partial charge in [0, 0.05) is 52.7 Å². The van der Waals surface area contributed by atoms with Crippen molar-refractivity contribution in [3.05, 3.63) is 58.6 Å². The van der Waals surface area contributed by atoms with Gasteiger partial charge in [0.15, 0.2) is 0 Å². The zero-order valence-electron chi connectivity index (χ0n) is 18.6. The molecule has 11 heteroatoms. The summed E-state index contributed by atoms with van der Waals surface area (Å²) in [4.78, 5) is 25.2. The zero-order valence-corrected chi connectivity index (χ0v) is 19.4. The van der Waals surface area contributed by atoms with Crippen LogP contribution in [0.25, 0.3) is 10.6 Å². The third-order valence-electron chi connectivity index (χ3n) is 5.32. The summed E-state index contributed by atoms with van der Waals surface area (Å²) in [6.45, 7) is 5.43. The van der Waals surface area contributed by atoms with Crippen molar-refractivity contribution >= 4 is 17.2 Å².